The van der Waals surface area contributed by atoms with Crippen molar-refractivity contribution in [2.45, 2.75) is 31.3 Å². The maximum absolute atomic E-state index is 13.8. The molecule has 2 aliphatic heterocycles. The third-order valence-corrected chi connectivity index (χ3v) is 6.73. The molecule has 4 rings (SSSR count). The van der Waals surface area contributed by atoms with Gasteiger partial charge in [-0.3, -0.25) is 9.69 Å². The molecule has 2 aromatic rings. The molecule has 8 heteroatoms. The quantitative estimate of drug-likeness (QED) is 0.805. The van der Waals surface area contributed by atoms with Crippen molar-refractivity contribution in [2.75, 3.05) is 24.3 Å². The van der Waals surface area contributed by atoms with Crippen LogP contribution in [0.1, 0.15) is 25.0 Å². The zero-order chi connectivity index (χ0) is 21.5. The van der Waals surface area contributed by atoms with E-state index in [1.165, 1.54) is 23.9 Å². The molecular weight excluding hydrogens is 405 g/mol. The van der Waals surface area contributed by atoms with Crippen molar-refractivity contribution in [1.29, 1.82) is 0 Å². The molecule has 2 aromatic carbocycles. The molecule has 0 aromatic heterocycles. The fourth-order valence-electron chi connectivity index (χ4n) is 3.98. The van der Waals surface area contributed by atoms with Gasteiger partial charge in [-0.15, -0.1) is 11.8 Å². The number of nitrogens with zero attached hydrogens (tertiary/aromatic N) is 2. The fourth-order valence-corrected chi connectivity index (χ4v) is 5.43. The van der Waals surface area contributed by atoms with Crippen LogP contribution in [0.5, 0.6) is 5.75 Å². The Kier molecular flexibility index (Phi) is 5.36. The average Bonchev–Trinajstić information content (AvgIpc) is 3.26. The highest BCUT2D eigenvalue weighted by Crippen LogP contribution is 2.55. The number of methoxy groups -OCH3 is 1. The highest BCUT2D eigenvalue weighted by Gasteiger charge is 2.59. The third kappa shape index (κ3) is 3.29. The molecule has 0 saturated carbocycles. The first-order chi connectivity index (χ1) is 14.4. The molecule has 1 N–H and O–H groups in total. The van der Waals surface area contributed by atoms with E-state index in [-0.39, 0.29) is 23.8 Å². The first kappa shape index (κ1) is 20.5. The standard InChI is InChI=1S/C22H24FN3O3S/c1-14(2)24-21(28)26-10-11-30-22(26)18-12-17(29-3)8-9-19(18)25(20(22)27)13-15-4-6-16(23)7-5-15/h4-9,12,14H,10-11,13H2,1-3H3,(H,24,28)/t22-/m1/s1. The lowest BCUT2D eigenvalue weighted by atomic mass is 10.1. The molecule has 158 valence electrons. The zero-order valence-corrected chi connectivity index (χ0v) is 18.0. The van der Waals surface area contributed by atoms with Crippen molar-refractivity contribution in [3.05, 3.63) is 59.4 Å². The number of nitrogens with one attached hydrogen (secondary N) is 1. The second kappa shape index (κ2) is 7.83. The van der Waals surface area contributed by atoms with Crippen LogP contribution < -0.4 is 15.0 Å². The Morgan fingerprint density at radius 1 is 1.27 bits per heavy atom. The number of amides is 3. The van der Waals surface area contributed by atoms with Crippen LogP contribution >= 0.6 is 11.8 Å². The van der Waals surface area contributed by atoms with Gasteiger partial charge in [-0.25, -0.2) is 9.18 Å². The van der Waals surface area contributed by atoms with Gasteiger partial charge in [0.15, 0.2) is 4.87 Å². The lowest BCUT2D eigenvalue weighted by Gasteiger charge is -2.33. The van der Waals surface area contributed by atoms with Crippen LogP contribution in [-0.2, 0) is 16.2 Å². The van der Waals surface area contributed by atoms with Crippen LogP contribution in [0.3, 0.4) is 0 Å². The number of carbonyl (C=O) groups is 2. The van der Waals surface area contributed by atoms with Gasteiger partial charge in [0.1, 0.15) is 11.6 Å². The summed E-state index contributed by atoms with van der Waals surface area (Å²) in [5.41, 5.74) is 2.29. The van der Waals surface area contributed by atoms with E-state index < -0.39 is 4.87 Å². The lowest BCUT2D eigenvalue weighted by molar-refractivity contribution is -0.123. The molecule has 1 saturated heterocycles. The number of ether oxygens (including phenoxy) is 1. The number of anilines is 1. The topological polar surface area (TPSA) is 61.9 Å². The molecule has 1 spiro atoms. The van der Waals surface area contributed by atoms with E-state index in [9.17, 15) is 14.0 Å². The van der Waals surface area contributed by atoms with Gasteiger partial charge in [-0.05, 0) is 49.7 Å². The van der Waals surface area contributed by atoms with Crippen molar-refractivity contribution in [3.8, 4) is 5.75 Å². The van der Waals surface area contributed by atoms with Gasteiger partial charge in [0, 0.05) is 23.9 Å². The van der Waals surface area contributed by atoms with Crippen molar-refractivity contribution in [1.82, 2.24) is 10.2 Å². The minimum atomic E-state index is -1.14. The molecule has 2 heterocycles. The maximum Gasteiger partial charge on any atom is 0.319 e. The van der Waals surface area contributed by atoms with E-state index in [1.807, 2.05) is 26.0 Å². The highest BCUT2D eigenvalue weighted by atomic mass is 32.2. The number of fused-ring (bicyclic) bond motifs is 2. The first-order valence-electron chi connectivity index (χ1n) is 9.84. The number of hydrogen-bond acceptors (Lipinski definition) is 4. The molecule has 1 fully saturated rings. The molecule has 0 radical (unpaired) electrons. The Labute approximate surface area is 179 Å². The Morgan fingerprint density at radius 2 is 2.00 bits per heavy atom. The van der Waals surface area contributed by atoms with Gasteiger partial charge in [0.05, 0.1) is 19.3 Å². The number of urea groups is 1. The van der Waals surface area contributed by atoms with E-state index in [0.29, 0.717) is 24.6 Å². The number of carbonyl (C=O) groups excluding carboxylic acids is 2. The molecular formula is C22H24FN3O3S. The number of rotatable bonds is 4. The van der Waals surface area contributed by atoms with E-state index >= 15 is 0 Å². The minimum Gasteiger partial charge on any atom is -0.497 e. The van der Waals surface area contributed by atoms with Gasteiger partial charge in [-0.2, -0.15) is 0 Å². The minimum absolute atomic E-state index is 0.0447. The van der Waals surface area contributed by atoms with Gasteiger partial charge < -0.3 is 15.0 Å². The molecule has 3 amide bonds. The number of halogens is 1. The van der Waals surface area contributed by atoms with E-state index in [1.54, 1.807) is 35.1 Å². The fraction of sp³-hybridized carbons (Fsp3) is 0.364. The van der Waals surface area contributed by atoms with Gasteiger partial charge in [0.25, 0.3) is 5.91 Å². The third-order valence-electron chi connectivity index (χ3n) is 5.31. The molecule has 0 bridgehead atoms. The van der Waals surface area contributed by atoms with Crippen molar-refractivity contribution in [2.24, 2.45) is 0 Å². The summed E-state index contributed by atoms with van der Waals surface area (Å²) in [4.78, 5) is 29.0. The summed E-state index contributed by atoms with van der Waals surface area (Å²) < 4.78 is 18.7. The summed E-state index contributed by atoms with van der Waals surface area (Å²) in [5, 5.41) is 2.92. The number of thioether (sulfide) groups is 1. The Balaban J connectivity index is 1.79. The zero-order valence-electron chi connectivity index (χ0n) is 17.1. The average molecular weight is 430 g/mol. The normalized spacial score (nSPS) is 20.2. The van der Waals surface area contributed by atoms with Crippen LogP contribution in [0.25, 0.3) is 0 Å². The van der Waals surface area contributed by atoms with Crippen LogP contribution in [-0.4, -0.2) is 42.3 Å². The van der Waals surface area contributed by atoms with Crippen LogP contribution in [0, 0.1) is 5.82 Å². The number of benzene rings is 2. The Bertz CT molecular complexity index is 982. The maximum atomic E-state index is 13.8. The molecule has 0 aliphatic carbocycles. The molecule has 30 heavy (non-hydrogen) atoms. The predicted octanol–water partition coefficient (Wildman–Crippen LogP) is 3.70. The largest absolute Gasteiger partial charge is 0.497 e. The summed E-state index contributed by atoms with van der Waals surface area (Å²) in [6.45, 7) is 4.54. The molecule has 0 unspecified atom stereocenters. The van der Waals surface area contributed by atoms with Gasteiger partial charge >= 0.3 is 6.03 Å². The number of hydrogen-bond donors (Lipinski definition) is 1. The second-order valence-electron chi connectivity index (χ2n) is 7.65. The van der Waals surface area contributed by atoms with E-state index in [2.05, 4.69) is 5.32 Å². The van der Waals surface area contributed by atoms with E-state index in [0.717, 1.165) is 16.8 Å². The summed E-state index contributed by atoms with van der Waals surface area (Å²) in [6.07, 6.45) is 0. The van der Waals surface area contributed by atoms with E-state index in [4.69, 9.17) is 4.74 Å². The Hall–Kier alpha value is -2.74. The Morgan fingerprint density at radius 3 is 2.67 bits per heavy atom. The summed E-state index contributed by atoms with van der Waals surface area (Å²) >= 11 is 1.46. The summed E-state index contributed by atoms with van der Waals surface area (Å²) in [7, 11) is 1.58. The molecule has 1 atom stereocenters. The van der Waals surface area contributed by atoms with Crippen LogP contribution in [0.2, 0.25) is 0 Å². The van der Waals surface area contributed by atoms with Crippen LogP contribution in [0.4, 0.5) is 14.9 Å². The SMILES string of the molecule is COc1ccc2c(c1)[C@@]1(SCCN1C(=O)NC(C)C)C(=O)N2Cc1ccc(F)cc1. The van der Waals surface area contributed by atoms with Crippen molar-refractivity contribution < 1.29 is 18.7 Å². The smallest absolute Gasteiger partial charge is 0.319 e. The van der Waals surface area contributed by atoms with Gasteiger partial charge in [0.2, 0.25) is 0 Å². The monoisotopic (exact) mass is 429 g/mol. The van der Waals surface area contributed by atoms with Crippen LogP contribution in [0.15, 0.2) is 42.5 Å². The van der Waals surface area contributed by atoms with Crippen molar-refractivity contribution >= 4 is 29.4 Å². The first-order valence-corrected chi connectivity index (χ1v) is 10.8. The summed E-state index contributed by atoms with van der Waals surface area (Å²) in [5.74, 6) is 0.784. The molecule has 2 aliphatic rings. The highest BCUT2D eigenvalue weighted by molar-refractivity contribution is 8.01. The van der Waals surface area contributed by atoms with Gasteiger partial charge in [-0.1, -0.05) is 12.1 Å². The lowest BCUT2D eigenvalue weighted by Crippen LogP contribution is -2.54. The predicted molar refractivity (Wildman–Crippen MR) is 115 cm³/mol. The molecule has 6 nitrogen and oxygen atoms in total. The van der Waals surface area contributed by atoms with Crippen molar-refractivity contribution in [3.63, 3.8) is 0 Å². The second-order valence-corrected chi connectivity index (χ2v) is 8.94. The summed E-state index contributed by atoms with van der Waals surface area (Å²) in [6, 6.07) is 11.3.